The lowest BCUT2D eigenvalue weighted by Crippen LogP contribution is -1.92. The monoisotopic (exact) mass is 337 g/mol. The first-order valence-corrected chi connectivity index (χ1v) is 6.13. The number of aromatic hydroxyl groups is 2. The van der Waals surface area contributed by atoms with Crippen molar-refractivity contribution in [1.29, 1.82) is 0 Å². The molecule has 1 aromatic heterocycles. The molecule has 2 N–H and O–H groups in total. The van der Waals surface area contributed by atoms with Gasteiger partial charge >= 0.3 is 0 Å². The Bertz CT molecular complexity index is 703. The van der Waals surface area contributed by atoms with E-state index in [1.54, 1.807) is 0 Å². The number of nitro benzene ring substituents is 1. The number of nitrogens with zero attached hydrogens (tertiary/aromatic N) is 3. The SMILES string of the molecule is O=[N+]([O-])c1cc(Br)c(O)c(/C=N/c2ncccc2O)c1. The van der Waals surface area contributed by atoms with Crippen LogP contribution in [0, 0.1) is 10.1 Å². The first-order chi connectivity index (χ1) is 9.49. The van der Waals surface area contributed by atoms with Gasteiger partial charge in [-0.2, -0.15) is 0 Å². The van der Waals surface area contributed by atoms with Crippen LogP contribution in [0.4, 0.5) is 11.5 Å². The van der Waals surface area contributed by atoms with Gasteiger partial charge in [-0.05, 0) is 28.1 Å². The highest BCUT2D eigenvalue weighted by molar-refractivity contribution is 9.10. The largest absolute Gasteiger partial charge is 0.506 e. The fourth-order valence-corrected chi connectivity index (χ4v) is 1.89. The standard InChI is InChI=1S/C12H8BrN3O4/c13-9-5-8(16(19)20)4-7(11(9)18)6-15-12-10(17)2-1-3-14-12/h1-6,17-18H/b15-6+. The number of non-ortho nitro benzene ring substituents is 1. The second-order valence-corrected chi connectivity index (χ2v) is 4.58. The van der Waals surface area contributed by atoms with E-state index < -0.39 is 4.92 Å². The summed E-state index contributed by atoms with van der Waals surface area (Å²) in [6.45, 7) is 0. The van der Waals surface area contributed by atoms with Gasteiger partial charge in [0.1, 0.15) is 5.75 Å². The van der Waals surface area contributed by atoms with E-state index in [0.29, 0.717) is 0 Å². The van der Waals surface area contributed by atoms with Crippen molar-refractivity contribution in [2.45, 2.75) is 0 Å². The number of aliphatic imine (C=N–C) groups is 1. The second kappa shape index (κ2) is 5.66. The Kier molecular flexibility index (Phi) is 3.94. The van der Waals surface area contributed by atoms with Gasteiger partial charge in [0, 0.05) is 30.1 Å². The van der Waals surface area contributed by atoms with Gasteiger partial charge in [0.15, 0.2) is 11.6 Å². The fraction of sp³-hybridized carbons (Fsp3) is 0. The molecule has 8 heteroatoms. The van der Waals surface area contributed by atoms with Crippen molar-refractivity contribution in [3.63, 3.8) is 0 Å². The quantitative estimate of drug-likeness (QED) is 0.508. The molecule has 0 saturated carbocycles. The van der Waals surface area contributed by atoms with Crippen molar-refractivity contribution in [2.75, 3.05) is 0 Å². The fourth-order valence-electron chi connectivity index (χ4n) is 1.43. The lowest BCUT2D eigenvalue weighted by atomic mass is 10.2. The minimum Gasteiger partial charge on any atom is -0.506 e. The predicted octanol–water partition coefficient (Wildman–Crippen LogP) is 2.91. The number of benzene rings is 1. The van der Waals surface area contributed by atoms with Crippen LogP contribution in [0.2, 0.25) is 0 Å². The highest BCUT2D eigenvalue weighted by Crippen LogP contribution is 2.32. The van der Waals surface area contributed by atoms with Crippen LogP contribution in [0.5, 0.6) is 11.5 Å². The molecule has 0 aliphatic rings. The molecule has 2 rings (SSSR count). The highest BCUT2D eigenvalue weighted by Gasteiger charge is 2.13. The number of halogens is 1. The Balaban J connectivity index is 2.43. The lowest BCUT2D eigenvalue weighted by Gasteiger charge is -2.02. The van der Waals surface area contributed by atoms with Crippen molar-refractivity contribution >= 4 is 33.6 Å². The molecule has 1 aromatic carbocycles. The maximum Gasteiger partial charge on any atom is 0.271 e. The third kappa shape index (κ3) is 2.91. The zero-order valence-corrected chi connectivity index (χ0v) is 11.5. The normalized spacial score (nSPS) is 10.8. The molecule has 0 aliphatic carbocycles. The summed E-state index contributed by atoms with van der Waals surface area (Å²) in [6, 6.07) is 5.30. The number of hydrogen-bond donors (Lipinski definition) is 2. The average Bonchev–Trinajstić information content (AvgIpc) is 2.41. The Labute approximate surface area is 121 Å². The number of phenols is 1. The van der Waals surface area contributed by atoms with Crippen LogP contribution in [0.3, 0.4) is 0 Å². The molecule has 0 aliphatic heterocycles. The summed E-state index contributed by atoms with van der Waals surface area (Å²) in [7, 11) is 0. The maximum absolute atomic E-state index is 10.8. The van der Waals surface area contributed by atoms with Gasteiger partial charge in [0.05, 0.1) is 9.40 Å². The zero-order valence-electron chi connectivity index (χ0n) is 9.89. The van der Waals surface area contributed by atoms with Crippen molar-refractivity contribution < 1.29 is 15.1 Å². The average molecular weight is 338 g/mol. The van der Waals surface area contributed by atoms with E-state index in [2.05, 4.69) is 25.9 Å². The van der Waals surface area contributed by atoms with Gasteiger partial charge in [0.2, 0.25) is 0 Å². The predicted molar refractivity (Wildman–Crippen MR) is 75.6 cm³/mol. The van der Waals surface area contributed by atoms with Gasteiger partial charge in [-0.1, -0.05) is 0 Å². The van der Waals surface area contributed by atoms with Crippen LogP contribution in [0.15, 0.2) is 39.9 Å². The molecule has 102 valence electrons. The molecule has 0 amide bonds. The zero-order chi connectivity index (χ0) is 14.7. The summed E-state index contributed by atoms with van der Waals surface area (Å²) in [5.74, 6) is -0.267. The van der Waals surface area contributed by atoms with Gasteiger partial charge in [-0.25, -0.2) is 9.98 Å². The van der Waals surface area contributed by atoms with Gasteiger partial charge in [-0.15, -0.1) is 0 Å². The smallest absolute Gasteiger partial charge is 0.271 e. The summed E-state index contributed by atoms with van der Waals surface area (Å²) < 4.78 is 0.179. The molecule has 7 nitrogen and oxygen atoms in total. The summed E-state index contributed by atoms with van der Waals surface area (Å²) in [4.78, 5) is 17.9. The van der Waals surface area contributed by atoms with Crippen LogP contribution in [0.1, 0.15) is 5.56 Å². The Morgan fingerprint density at radius 2 is 2.15 bits per heavy atom. The Hall–Kier alpha value is -2.48. The van der Waals surface area contributed by atoms with E-state index in [1.807, 2.05) is 0 Å². The lowest BCUT2D eigenvalue weighted by molar-refractivity contribution is -0.385. The van der Waals surface area contributed by atoms with Crippen molar-refractivity contribution in [2.24, 2.45) is 4.99 Å². The number of aromatic nitrogens is 1. The first kappa shape index (κ1) is 13.9. The van der Waals surface area contributed by atoms with E-state index >= 15 is 0 Å². The van der Waals surface area contributed by atoms with E-state index in [9.17, 15) is 20.3 Å². The van der Waals surface area contributed by atoms with E-state index in [4.69, 9.17) is 0 Å². The molecular weight excluding hydrogens is 330 g/mol. The molecule has 0 bridgehead atoms. The van der Waals surface area contributed by atoms with Gasteiger partial charge in [0.25, 0.3) is 5.69 Å². The first-order valence-electron chi connectivity index (χ1n) is 5.34. The molecule has 0 atom stereocenters. The third-order valence-electron chi connectivity index (χ3n) is 2.38. The van der Waals surface area contributed by atoms with Crippen LogP contribution in [-0.2, 0) is 0 Å². The second-order valence-electron chi connectivity index (χ2n) is 3.73. The molecule has 20 heavy (non-hydrogen) atoms. The Morgan fingerprint density at radius 3 is 2.80 bits per heavy atom. The van der Waals surface area contributed by atoms with Crippen molar-refractivity contribution in [1.82, 2.24) is 4.98 Å². The minimum absolute atomic E-state index is 0.0505. The highest BCUT2D eigenvalue weighted by atomic mass is 79.9. The summed E-state index contributed by atoms with van der Waals surface area (Å²) in [5.41, 5.74) is -0.0579. The number of pyridine rings is 1. The number of hydrogen-bond acceptors (Lipinski definition) is 6. The number of phenolic OH excluding ortho intramolecular Hbond substituents is 1. The van der Waals surface area contributed by atoms with E-state index in [-0.39, 0.29) is 33.0 Å². The molecule has 0 spiro atoms. The van der Waals surface area contributed by atoms with E-state index in [0.717, 1.165) is 0 Å². The van der Waals surface area contributed by atoms with Crippen molar-refractivity contribution in [3.05, 3.63) is 50.6 Å². The topological polar surface area (TPSA) is 109 Å². The minimum atomic E-state index is -0.584. The van der Waals surface area contributed by atoms with Gasteiger partial charge in [-0.3, -0.25) is 10.1 Å². The van der Waals surface area contributed by atoms with Crippen LogP contribution in [0.25, 0.3) is 0 Å². The van der Waals surface area contributed by atoms with Crippen LogP contribution in [-0.4, -0.2) is 26.3 Å². The third-order valence-corrected chi connectivity index (χ3v) is 2.98. The summed E-state index contributed by atoms with van der Waals surface area (Å²) >= 11 is 3.02. The van der Waals surface area contributed by atoms with Crippen molar-refractivity contribution in [3.8, 4) is 11.5 Å². The molecule has 2 aromatic rings. The molecule has 0 unspecified atom stereocenters. The summed E-state index contributed by atoms with van der Waals surface area (Å²) in [6.07, 6.45) is 2.63. The number of rotatable bonds is 3. The van der Waals surface area contributed by atoms with Crippen LogP contribution >= 0.6 is 15.9 Å². The van der Waals surface area contributed by atoms with Crippen LogP contribution < -0.4 is 0 Å². The van der Waals surface area contributed by atoms with Gasteiger partial charge < -0.3 is 10.2 Å². The molecule has 0 radical (unpaired) electrons. The molecular formula is C12H8BrN3O4. The Morgan fingerprint density at radius 1 is 1.40 bits per heavy atom. The van der Waals surface area contributed by atoms with E-state index in [1.165, 1.54) is 36.7 Å². The molecule has 0 saturated heterocycles. The number of nitro groups is 1. The molecule has 0 fully saturated rings. The maximum atomic E-state index is 10.8. The summed E-state index contributed by atoms with van der Waals surface area (Å²) in [5, 5.41) is 30.1. The molecule has 1 heterocycles.